The van der Waals surface area contributed by atoms with E-state index in [2.05, 4.69) is 25.3 Å². The molecule has 6 nitrogen and oxygen atoms in total. The molecular weight excluding hydrogens is 361 g/mol. The van der Waals surface area contributed by atoms with Crippen LogP contribution in [0, 0.1) is 0 Å². The van der Waals surface area contributed by atoms with Gasteiger partial charge in [-0.1, -0.05) is 12.1 Å². The van der Waals surface area contributed by atoms with Gasteiger partial charge in [-0.15, -0.1) is 13.2 Å². The molecule has 27 heavy (non-hydrogen) atoms. The average molecular weight is 374 g/mol. The molecule has 3 rings (SSSR count). The summed E-state index contributed by atoms with van der Waals surface area (Å²) in [5.41, 5.74) is 2.65. The monoisotopic (exact) mass is 374 g/mol. The summed E-state index contributed by atoms with van der Waals surface area (Å²) in [4.78, 5) is 18.7. The predicted octanol–water partition coefficient (Wildman–Crippen LogP) is 4.35. The summed E-state index contributed by atoms with van der Waals surface area (Å²) in [5.74, 6) is 0.167. The van der Waals surface area contributed by atoms with Crippen molar-refractivity contribution in [3.05, 3.63) is 60.9 Å². The van der Waals surface area contributed by atoms with Crippen molar-refractivity contribution in [2.45, 2.75) is 6.36 Å². The second-order valence-electron chi connectivity index (χ2n) is 5.33. The van der Waals surface area contributed by atoms with Crippen LogP contribution in [0.15, 0.2) is 60.9 Å². The highest BCUT2D eigenvalue weighted by molar-refractivity contribution is 5.73. The number of alkyl halides is 3. The molecule has 0 aliphatic heterocycles. The second kappa shape index (κ2) is 7.73. The van der Waals surface area contributed by atoms with Crippen LogP contribution in [0.1, 0.15) is 0 Å². The molecule has 1 amide bonds. The molecule has 0 unspecified atom stereocenters. The molecule has 0 atom stereocenters. The molecular formula is C18H13F3N4O2. The standard InChI is InChI=1S/C18H13F3N4O2/c19-18(20,21)27-15-7-5-14(6-8-15)25-17-9-16(22-10-23-17)12-1-3-13(4-2-12)24-11-26/h1-11H,(H,24,26)(H,22,23,25). The molecule has 0 fully saturated rings. The van der Waals surface area contributed by atoms with Gasteiger partial charge in [0.05, 0.1) is 5.69 Å². The first-order chi connectivity index (χ1) is 12.9. The maximum absolute atomic E-state index is 12.2. The number of hydrogen-bond donors (Lipinski definition) is 2. The zero-order chi connectivity index (χ0) is 19.3. The molecule has 0 saturated carbocycles. The van der Waals surface area contributed by atoms with Gasteiger partial charge in [-0.3, -0.25) is 4.79 Å². The number of nitrogens with zero attached hydrogens (tertiary/aromatic N) is 2. The van der Waals surface area contributed by atoms with E-state index in [1.807, 2.05) is 0 Å². The lowest BCUT2D eigenvalue weighted by Gasteiger charge is -2.10. The third-order valence-electron chi connectivity index (χ3n) is 3.43. The first kappa shape index (κ1) is 18.2. The summed E-state index contributed by atoms with van der Waals surface area (Å²) < 4.78 is 40.4. The SMILES string of the molecule is O=CNc1ccc(-c2cc(Nc3ccc(OC(F)(F)F)cc3)ncn2)cc1. The van der Waals surface area contributed by atoms with Crippen LogP contribution >= 0.6 is 0 Å². The molecule has 3 aromatic rings. The van der Waals surface area contributed by atoms with Crippen LogP contribution in [0.3, 0.4) is 0 Å². The minimum atomic E-state index is -4.73. The first-order valence-electron chi connectivity index (χ1n) is 7.68. The number of halogens is 3. The number of carbonyl (C=O) groups is 1. The molecule has 0 radical (unpaired) electrons. The molecule has 0 aliphatic rings. The maximum atomic E-state index is 12.2. The first-order valence-corrected chi connectivity index (χ1v) is 7.68. The molecule has 1 aromatic heterocycles. The number of aromatic nitrogens is 2. The molecule has 0 saturated heterocycles. The Morgan fingerprint density at radius 1 is 0.926 bits per heavy atom. The van der Waals surface area contributed by atoms with Crippen molar-refractivity contribution in [3.8, 4) is 17.0 Å². The minimum Gasteiger partial charge on any atom is -0.406 e. The molecule has 0 spiro atoms. The summed E-state index contributed by atoms with van der Waals surface area (Å²) in [6, 6.07) is 14.1. The van der Waals surface area contributed by atoms with Crippen molar-refractivity contribution in [2.24, 2.45) is 0 Å². The highest BCUT2D eigenvalue weighted by Crippen LogP contribution is 2.26. The van der Waals surface area contributed by atoms with Crippen LogP contribution in [0.4, 0.5) is 30.4 Å². The van der Waals surface area contributed by atoms with Crippen molar-refractivity contribution in [1.29, 1.82) is 0 Å². The summed E-state index contributed by atoms with van der Waals surface area (Å²) >= 11 is 0. The van der Waals surface area contributed by atoms with Gasteiger partial charge in [-0.05, 0) is 36.4 Å². The van der Waals surface area contributed by atoms with Crippen LogP contribution in [0.25, 0.3) is 11.3 Å². The van der Waals surface area contributed by atoms with Crippen LogP contribution in [-0.2, 0) is 4.79 Å². The van der Waals surface area contributed by atoms with E-state index in [4.69, 9.17) is 0 Å². The Morgan fingerprint density at radius 3 is 2.22 bits per heavy atom. The Hall–Kier alpha value is -3.62. The van der Waals surface area contributed by atoms with E-state index in [1.165, 1.54) is 30.6 Å². The third-order valence-corrected chi connectivity index (χ3v) is 3.43. The van der Waals surface area contributed by atoms with Crippen LogP contribution in [0.5, 0.6) is 5.75 Å². The van der Waals surface area contributed by atoms with Gasteiger partial charge in [0.15, 0.2) is 0 Å². The molecule has 138 valence electrons. The van der Waals surface area contributed by atoms with Crippen molar-refractivity contribution in [2.75, 3.05) is 10.6 Å². The van der Waals surface area contributed by atoms with Crippen LogP contribution in [-0.4, -0.2) is 22.7 Å². The Balaban J connectivity index is 1.73. The Bertz CT molecular complexity index is 913. The maximum Gasteiger partial charge on any atom is 0.573 e. The van der Waals surface area contributed by atoms with Gasteiger partial charge in [-0.2, -0.15) is 0 Å². The van der Waals surface area contributed by atoms with Crippen molar-refractivity contribution in [3.63, 3.8) is 0 Å². The largest absolute Gasteiger partial charge is 0.573 e. The minimum absolute atomic E-state index is 0.305. The molecule has 1 heterocycles. The van der Waals surface area contributed by atoms with Gasteiger partial charge in [0.1, 0.15) is 17.9 Å². The van der Waals surface area contributed by atoms with Crippen LogP contribution < -0.4 is 15.4 Å². The van der Waals surface area contributed by atoms with Crippen LogP contribution in [0.2, 0.25) is 0 Å². The second-order valence-corrected chi connectivity index (χ2v) is 5.33. The van der Waals surface area contributed by atoms with Gasteiger partial charge in [-0.25, -0.2) is 9.97 Å². The normalized spacial score (nSPS) is 10.9. The van der Waals surface area contributed by atoms with E-state index in [-0.39, 0.29) is 5.75 Å². The van der Waals surface area contributed by atoms with Crippen molar-refractivity contribution >= 4 is 23.6 Å². The Labute approximate surface area is 152 Å². The van der Waals surface area contributed by atoms with E-state index < -0.39 is 6.36 Å². The van der Waals surface area contributed by atoms with Gasteiger partial charge in [0.2, 0.25) is 6.41 Å². The molecule has 0 bridgehead atoms. The lowest BCUT2D eigenvalue weighted by Crippen LogP contribution is -2.16. The fraction of sp³-hybridized carbons (Fsp3) is 0.0556. The number of ether oxygens (including phenoxy) is 1. The third kappa shape index (κ3) is 5.18. The topological polar surface area (TPSA) is 76.1 Å². The lowest BCUT2D eigenvalue weighted by atomic mass is 10.1. The van der Waals surface area contributed by atoms with Gasteiger partial charge < -0.3 is 15.4 Å². The molecule has 0 aliphatic carbocycles. The summed E-state index contributed by atoms with van der Waals surface area (Å²) in [6.07, 6.45) is -2.77. The average Bonchev–Trinajstić information content (AvgIpc) is 2.63. The van der Waals surface area contributed by atoms with E-state index in [0.717, 1.165) is 5.56 Å². The Kier molecular flexibility index (Phi) is 5.20. The fourth-order valence-corrected chi connectivity index (χ4v) is 2.28. The van der Waals surface area contributed by atoms with Gasteiger partial charge in [0.25, 0.3) is 0 Å². The Morgan fingerprint density at radius 2 is 1.59 bits per heavy atom. The molecule has 2 N–H and O–H groups in total. The summed E-state index contributed by atoms with van der Waals surface area (Å²) in [6.45, 7) is 0. The van der Waals surface area contributed by atoms with Crippen molar-refractivity contribution < 1.29 is 22.7 Å². The number of hydrogen-bond acceptors (Lipinski definition) is 5. The summed E-state index contributed by atoms with van der Waals surface area (Å²) in [5, 5.41) is 5.53. The highest BCUT2D eigenvalue weighted by Gasteiger charge is 2.30. The highest BCUT2D eigenvalue weighted by atomic mass is 19.4. The zero-order valence-electron chi connectivity index (χ0n) is 13.7. The van der Waals surface area contributed by atoms with Crippen molar-refractivity contribution in [1.82, 2.24) is 9.97 Å². The molecule has 9 heteroatoms. The van der Waals surface area contributed by atoms with Gasteiger partial charge in [0, 0.05) is 23.0 Å². The van der Waals surface area contributed by atoms with E-state index in [0.29, 0.717) is 29.3 Å². The molecule has 2 aromatic carbocycles. The number of rotatable bonds is 6. The van der Waals surface area contributed by atoms with E-state index in [1.54, 1.807) is 30.3 Å². The zero-order valence-corrected chi connectivity index (χ0v) is 13.7. The van der Waals surface area contributed by atoms with Gasteiger partial charge >= 0.3 is 6.36 Å². The summed E-state index contributed by atoms with van der Waals surface area (Å²) in [7, 11) is 0. The quantitative estimate of drug-likeness (QED) is 0.627. The lowest BCUT2D eigenvalue weighted by molar-refractivity contribution is -0.274. The number of anilines is 3. The number of benzene rings is 2. The number of amides is 1. The predicted molar refractivity (Wildman–Crippen MR) is 93.6 cm³/mol. The fourth-order valence-electron chi connectivity index (χ4n) is 2.28. The van der Waals surface area contributed by atoms with E-state index >= 15 is 0 Å². The smallest absolute Gasteiger partial charge is 0.406 e. The number of carbonyl (C=O) groups excluding carboxylic acids is 1. The number of nitrogens with one attached hydrogen (secondary N) is 2. The van der Waals surface area contributed by atoms with E-state index in [9.17, 15) is 18.0 Å².